The Bertz CT molecular complexity index is 1030. The summed E-state index contributed by atoms with van der Waals surface area (Å²) >= 11 is 0. The number of hydrogen-bond donors (Lipinski definition) is 2. The van der Waals surface area contributed by atoms with Crippen LogP contribution in [0, 0.1) is 39.4 Å². The maximum atomic E-state index is 12.7. The van der Waals surface area contributed by atoms with Gasteiger partial charge in [0.25, 0.3) is 0 Å². The zero-order valence-corrected chi connectivity index (χ0v) is 23.0. The summed E-state index contributed by atoms with van der Waals surface area (Å²) in [6.07, 6.45) is 11.3. The van der Waals surface area contributed by atoms with Gasteiger partial charge in [0.1, 0.15) is 5.60 Å². The highest BCUT2D eigenvalue weighted by atomic mass is 16.7. The van der Waals surface area contributed by atoms with Crippen molar-refractivity contribution < 1.29 is 24.5 Å². The Morgan fingerprint density at radius 3 is 2.50 bits per heavy atom. The second-order valence-electron chi connectivity index (χ2n) is 14.6. The van der Waals surface area contributed by atoms with E-state index in [1.54, 1.807) is 0 Å². The molecule has 0 aromatic heterocycles. The first-order valence-corrected chi connectivity index (χ1v) is 14.4. The van der Waals surface area contributed by atoms with E-state index in [0.29, 0.717) is 12.5 Å². The van der Waals surface area contributed by atoms with E-state index in [-0.39, 0.29) is 34.2 Å². The van der Waals surface area contributed by atoms with Crippen molar-refractivity contribution in [1.29, 1.82) is 0 Å². The van der Waals surface area contributed by atoms with Crippen LogP contribution in [0.3, 0.4) is 0 Å². The molecule has 0 amide bonds. The summed E-state index contributed by atoms with van der Waals surface area (Å²) in [5.41, 5.74) is 1.10. The molecule has 1 saturated heterocycles. The smallest absolute Gasteiger partial charge is 0.310 e. The van der Waals surface area contributed by atoms with E-state index in [1.807, 2.05) is 13.8 Å². The van der Waals surface area contributed by atoms with E-state index in [9.17, 15) is 15.0 Å². The third-order valence-corrected chi connectivity index (χ3v) is 12.9. The van der Waals surface area contributed by atoms with Crippen LogP contribution in [0.1, 0.15) is 98.8 Å². The van der Waals surface area contributed by atoms with Crippen molar-refractivity contribution in [3.8, 4) is 0 Å². The maximum absolute atomic E-state index is 12.7. The standard InChI is InChI=1S/C31H46O5/c1-19-9-14-30(25(32)33)16-15-28(5)20(21(30)17-19)7-8-22-27(4)12-11-24-31(34,18-35-26(2,3)36-24)23(27)10-13-29(22,28)6/h7,21-24,34H,1,8-18H2,2-6H3,(H,32,33)/t21-,22+,23+,24-,27+,28+,29+,30-,31+/m0/s1. The first-order valence-electron chi connectivity index (χ1n) is 14.4. The number of ether oxygens (including phenoxy) is 2. The molecule has 0 aromatic carbocycles. The molecule has 9 atom stereocenters. The zero-order chi connectivity index (χ0) is 25.9. The molecule has 200 valence electrons. The predicted octanol–water partition coefficient (Wildman–Crippen LogP) is 6.26. The monoisotopic (exact) mass is 498 g/mol. The fraction of sp³-hybridized carbons (Fsp3) is 0.839. The number of aliphatic hydroxyl groups is 1. The minimum Gasteiger partial charge on any atom is -0.481 e. The average Bonchev–Trinajstić information content (AvgIpc) is 2.80. The van der Waals surface area contributed by atoms with Gasteiger partial charge in [-0.1, -0.05) is 44.6 Å². The van der Waals surface area contributed by atoms with Crippen molar-refractivity contribution in [3.63, 3.8) is 0 Å². The van der Waals surface area contributed by atoms with Crippen LogP contribution in [0.15, 0.2) is 23.8 Å². The fourth-order valence-electron chi connectivity index (χ4n) is 10.7. The lowest BCUT2D eigenvalue weighted by atomic mass is 9.34. The van der Waals surface area contributed by atoms with E-state index in [2.05, 4.69) is 33.4 Å². The van der Waals surface area contributed by atoms with Gasteiger partial charge in [-0.15, -0.1) is 0 Å². The van der Waals surface area contributed by atoms with E-state index in [0.717, 1.165) is 64.2 Å². The number of aliphatic carboxylic acids is 1. The quantitative estimate of drug-likeness (QED) is 0.417. The Kier molecular flexibility index (Phi) is 5.22. The molecule has 0 aromatic rings. The van der Waals surface area contributed by atoms with Gasteiger partial charge >= 0.3 is 5.97 Å². The Labute approximate surface area is 216 Å². The van der Waals surface area contributed by atoms with Crippen LogP contribution in [0.2, 0.25) is 0 Å². The molecule has 0 bridgehead atoms. The molecule has 4 saturated carbocycles. The second kappa shape index (κ2) is 7.48. The molecule has 2 N–H and O–H groups in total. The second-order valence-corrected chi connectivity index (χ2v) is 14.6. The molecule has 0 radical (unpaired) electrons. The highest BCUT2D eigenvalue weighted by molar-refractivity contribution is 5.77. The highest BCUT2D eigenvalue weighted by Gasteiger charge is 2.70. The minimum atomic E-state index is -0.944. The van der Waals surface area contributed by atoms with Crippen molar-refractivity contribution in [2.75, 3.05) is 6.61 Å². The van der Waals surface area contributed by atoms with Crippen LogP contribution in [-0.4, -0.2) is 40.3 Å². The summed E-state index contributed by atoms with van der Waals surface area (Å²) in [4.78, 5) is 12.7. The van der Waals surface area contributed by atoms with Gasteiger partial charge in [0.15, 0.2) is 5.79 Å². The van der Waals surface area contributed by atoms with Gasteiger partial charge in [0.05, 0.1) is 18.1 Å². The lowest BCUT2D eigenvalue weighted by molar-refractivity contribution is -0.371. The molecular weight excluding hydrogens is 452 g/mol. The lowest BCUT2D eigenvalue weighted by Gasteiger charge is -2.71. The Balaban J connectivity index is 1.39. The van der Waals surface area contributed by atoms with Crippen LogP contribution in [-0.2, 0) is 14.3 Å². The van der Waals surface area contributed by atoms with Crippen LogP contribution >= 0.6 is 0 Å². The van der Waals surface area contributed by atoms with Gasteiger partial charge in [-0.3, -0.25) is 4.79 Å². The molecule has 36 heavy (non-hydrogen) atoms. The largest absolute Gasteiger partial charge is 0.481 e. The first kappa shape index (κ1) is 25.1. The van der Waals surface area contributed by atoms with Gasteiger partial charge in [-0.25, -0.2) is 0 Å². The maximum Gasteiger partial charge on any atom is 0.310 e. The lowest BCUT2D eigenvalue weighted by Crippen LogP contribution is -2.71. The summed E-state index contributed by atoms with van der Waals surface area (Å²) in [6.45, 7) is 15.9. The summed E-state index contributed by atoms with van der Waals surface area (Å²) in [5.74, 6) is -0.589. The zero-order valence-electron chi connectivity index (χ0n) is 23.0. The molecule has 6 aliphatic rings. The van der Waals surface area contributed by atoms with E-state index >= 15 is 0 Å². The number of carbonyl (C=O) groups is 1. The van der Waals surface area contributed by atoms with Crippen molar-refractivity contribution in [2.45, 2.75) is 116 Å². The van der Waals surface area contributed by atoms with E-state index in [4.69, 9.17) is 9.47 Å². The number of carboxylic acids is 1. The van der Waals surface area contributed by atoms with Crippen LogP contribution < -0.4 is 0 Å². The van der Waals surface area contributed by atoms with Crippen molar-refractivity contribution in [3.05, 3.63) is 23.8 Å². The summed E-state index contributed by atoms with van der Waals surface area (Å²) < 4.78 is 12.3. The Morgan fingerprint density at radius 1 is 1.03 bits per heavy atom. The Hall–Kier alpha value is -1.17. The summed E-state index contributed by atoms with van der Waals surface area (Å²) in [7, 11) is 0. The topological polar surface area (TPSA) is 76.0 Å². The number of hydrogen-bond acceptors (Lipinski definition) is 4. The molecule has 5 heteroatoms. The number of carboxylic acid groups (broad SMARTS) is 1. The van der Waals surface area contributed by atoms with Gasteiger partial charge in [0.2, 0.25) is 0 Å². The molecule has 5 aliphatic carbocycles. The SMILES string of the molecule is C=C1CC[C@]2(C(=O)O)CC[C@]3(C)C(=CC[C@@H]4[C@@]5(C)CC[C@@H]6OC(C)(C)OC[C@@]6(O)[C@@H]5CC[C@]43C)[C@@H]2C1. The average molecular weight is 499 g/mol. The molecule has 1 aliphatic heterocycles. The molecule has 5 fully saturated rings. The van der Waals surface area contributed by atoms with E-state index < -0.39 is 22.8 Å². The molecule has 0 spiro atoms. The predicted molar refractivity (Wildman–Crippen MR) is 138 cm³/mol. The van der Waals surface area contributed by atoms with Crippen molar-refractivity contribution in [2.24, 2.45) is 39.4 Å². The molecule has 5 nitrogen and oxygen atoms in total. The third-order valence-electron chi connectivity index (χ3n) is 12.9. The van der Waals surface area contributed by atoms with Gasteiger partial charge in [-0.2, -0.15) is 0 Å². The minimum absolute atomic E-state index is 0.00497. The number of rotatable bonds is 1. The normalized spacial score (nSPS) is 53.6. The van der Waals surface area contributed by atoms with Gasteiger partial charge in [-0.05, 0) is 106 Å². The molecule has 6 rings (SSSR count). The summed E-state index contributed by atoms with van der Waals surface area (Å²) in [5, 5.41) is 22.5. The van der Waals surface area contributed by atoms with Gasteiger partial charge < -0.3 is 19.7 Å². The van der Waals surface area contributed by atoms with Crippen molar-refractivity contribution >= 4 is 5.97 Å². The molecule has 0 unspecified atom stereocenters. The molecular formula is C31H46O5. The third kappa shape index (κ3) is 2.97. The highest BCUT2D eigenvalue weighted by Crippen LogP contribution is 2.75. The summed E-state index contributed by atoms with van der Waals surface area (Å²) in [6, 6.07) is 0. The van der Waals surface area contributed by atoms with Crippen LogP contribution in [0.4, 0.5) is 0 Å². The van der Waals surface area contributed by atoms with Gasteiger partial charge in [0, 0.05) is 5.92 Å². The Morgan fingerprint density at radius 2 is 1.78 bits per heavy atom. The molecule has 1 heterocycles. The number of allylic oxidation sites excluding steroid dienone is 3. The van der Waals surface area contributed by atoms with E-state index in [1.165, 1.54) is 11.1 Å². The van der Waals surface area contributed by atoms with Crippen molar-refractivity contribution in [1.82, 2.24) is 0 Å². The fourth-order valence-corrected chi connectivity index (χ4v) is 10.7. The number of fused-ring (bicyclic) bond motifs is 9. The first-order chi connectivity index (χ1) is 16.7. The van der Waals surface area contributed by atoms with Crippen LogP contribution in [0.25, 0.3) is 0 Å². The van der Waals surface area contributed by atoms with Crippen LogP contribution in [0.5, 0.6) is 0 Å².